The molecule has 1 aliphatic rings. The Morgan fingerprint density at radius 2 is 1.88 bits per heavy atom. The molecule has 1 fully saturated rings. The van der Waals surface area contributed by atoms with Gasteiger partial charge < -0.3 is 0 Å². The van der Waals surface area contributed by atoms with Crippen LogP contribution in [0.15, 0.2) is 11.4 Å². The summed E-state index contributed by atoms with van der Waals surface area (Å²) in [7, 11) is 0. The van der Waals surface area contributed by atoms with Crippen molar-refractivity contribution < 1.29 is 4.39 Å². The summed E-state index contributed by atoms with van der Waals surface area (Å²) in [6.07, 6.45) is 2.40. The number of allylic oxidation sites excluding steroid dienone is 2. The molecule has 0 radical (unpaired) electrons. The van der Waals surface area contributed by atoms with E-state index in [4.69, 9.17) is 0 Å². The molecule has 1 rings (SSSR count). The molecule has 0 saturated heterocycles. The molecule has 1 heteroatoms. The molecular weight excluding hydrogens is 103 g/mol. The van der Waals surface area contributed by atoms with Gasteiger partial charge >= 0.3 is 0 Å². The van der Waals surface area contributed by atoms with Crippen molar-refractivity contribution in [3.8, 4) is 0 Å². The van der Waals surface area contributed by atoms with E-state index < -0.39 is 0 Å². The first kappa shape index (κ1) is 5.80. The topological polar surface area (TPSA) is 0 Å². The lowest BCUT2D eigenvalue weighted by Crippen LogP contribution is -1.78. The van der Waals surface area contributed by atoms with Crippen LogP contribution in [0.2, 0.25) is 0 Å². The van der Waals surface area contributed by atoms with Gasteiger partial charge in [-0.2, -0.15) is 0 Å². The summed E-state index contributed by atoms with van der Waals surface area (Å²) >= 11 is 0. The second-order valence-electron chi connectivity index (χ2n) is 2.49. The Bertz CT molecular complexity index is 116. The zero-order chi connectivity index (χ0) is 6.15. The van der Waals surface area contributed by atoms with Crippen LogP contribution >= 0.6 is 0 Å². The number of halogens is 1. The minimum absolute atomic E-state index is 0.0208. The molecule has 0 spiro atoms. The highest BCUT2D eigenvalue weighted by atomic mass is 19.1. The van der Waals surface area contributed by atoms with Gasteiger partial charge in [0.2, 0.25) is 0 Å². The molecule has 0 unspecified atom stereocenters. The van der Waals surface area contributed by atoms with E-state index in [0.717, 1.165) is 5.57 Å². The van der Waals surface area contributed by atoms with E-state index in [9.17, 15) is 4.39 Å². The van der Waals surface area contributed by atoms with Gasteiger partial charge in [0.05, 0.1) is 5.83 Å². The van der Waals surface area contributed by atoms with Crippen LogP contribution < -0.4 is 0 Å². The number of hydrogen-bond acceptors (Lipinski definition) is 0. The zero-order valence-corrected chi connectivity index (χ0v) is 5.37. The van der Waals surface area contributed by atoms with Crippen molar-refractivity contribution in [3.63, 3.8) is 0 Å². The van der Waals surface area contributed by atoms with Crippen molar-refractivity contribution in [1.82, 2.24) is 0 Å². The van der Waals surface area contributed by atoms with Crippen LogP contribution in [0.5, 0.6) is 0 Å². The Morgan fingerprint density at radius 1 is 1.38 bits per heavy atom. The quantitative estimate of drug-likeness (QED) is 0.491. The summed E-state index contributed by atoms with van der Waals surface area (Å²) in [6, 6.07) is 0. The van der Waals surface area contributed by atoms with Gasteiger partial charge in [-0.3, -0.25) is 0 Å². The standard InChI is InChI=1S/C7H11F/c1-5(6(2)8)7-3-4-7/h7H,3-4H2,1-2H3. The monoisotopic (exact) mass is 114 g/mol. The largest absolute Gasteiger partial charge is 0.212 e. The van der Waals surface area contributed by atoms with Crippen LogP contribution in [-0.2, 0) is 0 Å². The molecule has 1 saturated carbocycles. The first-order valence-electron chi connectivity index (χ1n) is 3.04. The van der Waals surface area contributed by atoms with Crippen LogP contribution in [0.4, 0.5) is 4.39 Å². The molecule has 0 aromatic heterocycles. The van der Waals surface area contributed by atoms with E-state index in [-0.39, 0.29) is 5.83 Å². The van der Waals surface area contributed by atoms with Crippen molar-refractivity contribution in [2.45, 2.75) is 26.7 Å². The van der Waals surface area contributed by atoms with E-state index in [1.165, 1.54) is 19.8 Å². The molecule has 1 aliphatic carbocycles. The molecule has 0 N–H and O–H groups in total. The summed E-state index contributed by atoms with van der Waals surface area (Å²) in [6.45, 7) is 3.42. The third-order valence-electron chi connectivity index (χ3n) is 1.73. The average molecular weight is 114 g/mol. The summed E-state index contributed by atoms with van der Waals surface area (Å²) < 4.78 is 12.3. The van der Waals surface area contributed by atoms with E-state index >= 15 is 0 Å². The molecular formula is C7H11F. The van der Waals surface area contributed by atoms with E-state index in [1.54, 1.807) is 0 Å². The highest BCUT2D eigenvalue weighted by molar-refractivity contribution is 5.11. The summed E-state index contributed by atoms with van der Waals surface area (Å²) in [5.74, 6) is 0.618. The number of rotatable bonds is 1. The molecule has 0 bridgehead atoms. The van der Waals surface area contributed by atoms with Gasteiger partial charge in [-0.1, -0.05) is 0 Å². The molecule has 46 valence electrons. The second-order valence-corrected chi connectivity index (χ2v) is 2.49. The maximum absolute atomic E-state index is 12.3. The molecule has 0 nitrogen and oxygen atoms in total. The summed E-state index contributed by atoms with van der Waals surface area (Å²) in [4.78, 5) is 0. The fraction of sp³-hybridized carbons (Fsp3) is 0.714. The van der Waals surface area contributed by atoms with Crippen molar-refractivity contribution in [2.24, 2.45) is 5.92 Å². The molecule has 0 amide bonds. The van der Waals surface area contributed by atoms with Crippen molar-refractivity contribution in [3.05, 3.63) is 11.4 Å². The second kappa shape index (κ2) is 1.88. The lowest BCUT2D eigenvalue weighted by atomic mass is 10.2. The summed E-state index contributed by atoms with van der Waals surface area (Å²) in [5.41, 5.74) is 0.963. The molecule has 8 heavy (non-hydrogen) atoms. The predicted molar refractivity (Wildman–Crippen MR) is 32.2 cm³/mol. The lowest BCUT2D eigenvalue weighted by molar-refractivity contribution is 0.616. The molecule has 0 atom stereocenters. The van der Waals surface area contributed by atoms with Gasteiger partial charge in [-0.25, -0.2) is 4.39 Å². The minimum atomic E-state index is 0.0208. The Hall–Kier alpha value is -0.330. The maximum atomic E-state index is 12.3. The van der Waals surface area contributed by atoms with Crippen LogP contribution in [0, 0.1) is 5.92 Å². The molecule has 0 aromatic carbocycles. The van der Waals surface area contributed by atoms with E-state index in [0.29, 0.717) is 5.92 Å². The maximum Gasteiger partial charge on any atom is 0.0960 e. The lowest BCUT2D eigenvalue weighted by Gasteiger charge is -1.93. The highest BCUT2D eigenvalue weighted by Crippen LogP contribution is 2.37. The molecule has 0 aromatic rings. The van der Waals surface area contributed by atoms with Gasteiger partial charge in [-0.05, 0) is 38.2 Å². The van der Waals surface area contributed by atoms with Crippen molar-refractivity contribution in [1.29, 1.82) is 0 Å². The first-order chi connectivity index (χ1) is 3.72. The Kier molecular flexibility index (Phi) is 1.37. The summed E-state index contributed by atoms with van der Waals surface area (Å²) in [5, 5.41) is 0. The smallest absolute Gasteiger partial charge is 0.0960 e. The van der Waals surface area contributed by atoms with Gasteiger partial charge in [-0.15, -0.1) is 0 Å². The fourth-order valence-electron chi connectivity index (χ4n) is 0.798. The third kappa shape index (κ3) is 1.09. The molecule has 0 aliphatic heterocycles. The SMILES string of the molecule is CC(F)=C(C)C1CC1. The Balaban J connectivity index is 2.54. The van der Waals surface area contributed by atoms with Gasteiger partial charge in [0.1, 0.15) is 0 Å². The van der Waals surface area contributed by atoms with Gasteiger partial charge in [0.15, 0.2) is 0 Å². The van der Waals surface area contributed by atoms with Crippen molar-refractivity contribution >= 4 is 0 Å². The van der Waals surface area contributed by atoms with Gasteiger partial charge in [0, 0.05) is 0 Å². The predicted octanol–water partition coefficient (Wildman–Crippen LogP) is 2.66. The van der Waals surface area contributed by atoms with Gasteiger partial charge in [0.25, 0.3) is 0 Å². The zero-order valence-electron chi connectivity index (χ0n) is 5.37. The first-order valence-corrected chi connectivity index (χ1v) is 3.04. The van der Waals surface area contributed by atoms with Crippen LogP contribution in [0.1, 0.15) is 26.7 Å². The highest BCUT2D eigenvalue weighted by Gasteiger charge is 2.24. The normalized spacial score (nSPS) is 22.9. The van der Waals surface area contributed by atoms with Crippen molar-refractivity contribution in [2.75, 3.05) is 0 Å². The van der Waals surface area contributed by atoms with E-state index in [2.05, 4.69) is 0 Å². The Labute approximate surface area is 49.4 Å². The van der Waals surface area contributed by atoms with Crippen LogP contribution in [0.3, 0.4) is 0 Å². The van der Waals surface area contributed by atoms with Crippen LogP contribution in [-0.4, -0.2) is 0 Å². The average Bonchev–Trinajstić information content (AvgIpc) is 2.43. The fourth-order valence-corrected chi connectivity index (χ4v) is 0.798. The third-order valence-corrected chi connectivity index (χ3v) is 1.73. The minimum Gasteiger partial charge on any atom is -0.212 e. The number of hydrogen-bond donors (Lipinski definition) is 0. The Morgan fingerprint density at radius 3 is 2.00 bits per heavy atom. The molecule has 0 heterocycles. The van der Waals surface area contributed by atoms with Crippen LogP contribution in [0.25, 0.3) is 0 Å². The van der Waals surface area contributed by atoms with E-state index in [1.807, 2.05) is 6.92 Å².